The third-order valence-electron chi connectivity index (χ3n) is 5.84. The number of methoxy groups -OCH3 is 2. The molecule has 182 valence electrons. The molecule has 0 unspecified atom stereocenters. The topological polar surface area (TPSA) is 18.5 Å². The van der Waals surface area contributed by atoms with Gasteiger partial charge in [-0.05, 0) is 72.4 Å². The van der Waals surface area contributed by atoms with Crippen molar-refractivity contribution in [2.24, 2.45) is 0 Å². The van der Waals surface area contributed by atoms with Gasteiger partial charge in [0.1, 0.15) is 11.5 Å². The van der Waals surface area contributed by atoms with Crippen molar-refractivity contribution in [3.63, 3.8) is 0 Å². The highest BCUT2D eigenvalue weighted by Gasteiger charge is 2.41. The molecule has 0 fully saturated rings. The predicted molar refractivity (Wildman–Crippen MR) is 117 cm³/mol. The number of benzene rings is 3. The van der Waals surface area contributed by atoms with E-state index in [1.54, 1.807) is 50.2 Å². The minimum absolute atomic E-state index is 0.498. The molecule has 0 spiro atoms. The Hall–Kier alpha value is -3.16. The molecule has 0 saturated carbocycles. The van der Waals surface area contributed by atoms with E-state index in [0.717, 1.165) is 17.2 Å². The predicted octanol–water partition coefficient (Wildman–Crippen LogP) is 7.73. The Morgan fingerprint density at radius 2 is 1.09 bits per heavy atom. The van der Waals surface area contributed by atoms with Gasteiger partial charge in [0.25, 0.3) is 0 Å². The molecular formula is C26H24F6O2. The van der Waals surface area contributed by atoms with Gasteiger partial charge in [-0.1, -0.05) is 30.3 Å². The van der Waals surface area contributed by atoms with Gasteiger partial charge in [0.2, 0.25) is 0 Å². The molecule has 8 heteroatoms. The number of aryl methyl sites for hydroxylation is 2. The normalized spacial score (nSPS) is 12.2. The molecule has 0 saturated heterocycles. The van der Waals surface area contributed by atoms with Crippen LogP contribution < -0.4 is 9.47 Å². The quantitative estimate of drug-likeness (QED) is 0.335. The summed E-state index contributed by atoms with van der Waals surface area (Å²) in [6.07, 6.45) is -10.4. The van der Waals surface area contributed by atoms with Crippen LogP contribution in [-0.4, -0.2) is 14.2 Å². The van der Waals surface area contributed by atoms with Gasteiger partial charge in [-0.15, -0.1) is 0 Å². The van der Waals surface area contributed by atoms with E-state index in [4.69, 9.17) is 9.47 Å². The zero-order valence-electron chi connectivity index (χ0n) is 19.1. The molecule has 0 aliphatic heterocycles. The fourth-order valence-electron chi connectivity index (χ4n) is 4.21. The zero-order chi connectivity index (χ0) is 25.3. The Labute approximate surface area is 194 Å². The van der Waals surface area contributed by atoms with Gasteiger partial charge < -0.3 is 9.47 Å². The van der Waals surface area contributed by atoms with Gasteiger partial charge in [-0.2, -0.15) is 26.3 Å². The SMILES string of the molecule is COc1ccc(C(Cc2c(C(F)(F)F)cccc2C(F)(F)F)c2ccc(OC)c(C)c2)cc1C. The summed E-state index contributed by atoms with van der Waals surface area (Å²) in [7, 11) is 2.98. The fraction of sp³-hybridized carbons (Fsp3) is 0.308. The van der Waals surface area contributed by atoms with Crippen molar-refractivity contribution in [1.29, 1.82) is 0 Å². The molecule has 0 radical (unpaired) electrons. The molecule has 3 aromatic rings. The molecule has 34 heavy (non-hydrogen) atoms. The van der Waals surface area contributed by atoms with Crippen molar-refractivity contribution in [2.45, 2.75) is 38.5 Å². The summed E-state index contributed by atoms with van der Waals surface area (Å²) < 4.78 is 93.3. The first kappa shape index (κ1) is 25.5. The van der Waals surface area contributed by atoms with Crippen LogP contribution in [-0.2, 0) is 18.8 Å². The lowest BCUT2D eigenvalue weighted by Crippen LogP contribution is -2.19. The minimum atomic E-state index is -4.94. The third-order valence-corrected chi connectivity index (χ3v) is 5.84. The second-order valence-electron chi connectivity index (χ2n) is 8.04. The van der Waals surface area contributed by atoms with Gasteiger partial charge in [-0.25, -0.2) is 0 Å². The summed E-state index contributed by atoms with van der Waals surface area (Å²) in [5, 5.41) is 0. The summed E-state index contributed by atoms with van der Waals surface area (Å²) >= 11 is 0. The van der Waals surface area contributed by atoms with E-state index in [-0.39, 0.29) is 0 Å². The number of hydrogen-bond acceptors (Lipinski definition) is 2. The van der Waals surface area contributed by atoms with Crippen LogP contribution in [0.1, 0.15) is 44.9 Å². The molecule has 0 aromatic heterocycles. The molecule has 0 atom stereocenters. The van der Waals surface area contributed by atoms with Crippen LogP contribution in [0.3, 0.4) is 0 Å². The third kappa shape index (κ3) is 5.32. The van der Waals surface area contributed by atoms with Crippen LogP contribution in [0.2, 0.25) is 0 Å². The number of hydrogen-bond donors (Lipinski definition) is 0. The number of rotatable bonds is 6. The van der Waals surface area contributed by atoms with Crippen LogP contribution in [0.4, 0.5) is 26.3 Å². The first-order chi connectivity index (χ1) is 15.9. The Morgan fingerprint density at radius 3 is 1.41 bits per heavy atom. The van der Waals surface area contributed by atoms with Crippen LogP contribution >= 0.6 is 0 Å². The van der Waals surface area contributed by atoms with E-state index in [1.807, 2.05) is 0 Å². The minimum Gasteiger partial charge on any atom is -0.496 e. The molecule has 2 nitrogen and oxygen atoms in total. The van der Waals surface area contributed by atoms with Gasteiger partial charge in [0, 0.05) is 5.92 Å². The summed E-state index contributed by atoms with van der Waals surface area (Å²) in [5.74, 6) is 0.360. The average molecular weight is 482 g/mol. The van der Waals surface area contributed by atoms with E-state index >= 15 is 0 Å². The summed E-state index contributed by atoms with van der Waals surface area (Å²) in [6, 6.07) is 12.3. The van der Waals surface area contributed by atoms with Crippen LogP contribution in [0.15, 0.2) is 54.6 Å². The van der Waals surface area contributed by atoms with Crippen LogP contribution in [0.25, 0.3) is 0 Å². The highest BCUT2D eigenvalue weighted by molar-refractivity contribution is 5.47. The fourth-order valence-corrected chi connectivity index (χ4v) is 4.21. The van der Waals surface area contributed by atoms with E-state index in [1.165, 1.54) is 14.2 Å². The highest BCUT2D eigenvalue weighted by atomic mass is 19.4. The first-order valence-corrected chi connectivity index (χ1v) is 10.4. The Kier molecular flexibility index (Phi) is 7.19. The average Bonchev–Trinajstić information content (AvgIpc) is 2.76. The molecule has 0 N–H and O–H groups in total. The Morgan fingerprint density at radius 1 is 0.676 bits per heavy atom. The molecule has 0 aliphatic rings. The van der Waals surface area contributed by atoms with Crippen molar-refractivity contribution >= 4 is 0 Å². The lowest BCUT2D eigenvalue weighted by atomic mass is 9.82. The number of alkyl halides is 6. The molecule has 0 bridgehead atoms. The molecule has 0 heterocycles. The highest BCUT2D eigenvalue weighted by Crippen LogP contribution is 2.43. The Balaban J connectivity index is 2.25. The van der Waals surface area contributed by atoms with Gasteiger partial charge >= 0.3 is 12.4 Å². The summed E-state index contributed by atoms with van der Waals surface area (Å²) in [5.41, 5.74) is -0.772. The lowest BCUT2D eigenvalue weighted by molar-refractivity contribution is -0.144. The smallest absolute Gasteiger partial charge is 0.416 e. The molecule has 0 aliphatic carbocycles. The molecule has 3 rings (SSSR count). The van der Waals surface area contributed by atoms with E-state index in [9.17, 15) is 26.3 Å². The van der Waals surface area contributed by atoms with Crippen LogP contribution in [0.5, 0.6) is 11.5 Å². The van der Waals surface area contributed by atoms with E-state index < -0.39 is 41.4 Å². The van der Waals surface area contributed by atoms with Crippen molar-refractivity contribution in [3.8, 4) is 11.5 Å². The monoisotopic (exact) mass is 482 g/mol. The maximum atomic E-state index is 13.8. The Bertz CT molecular complexity index is 1080. The molecular weight excluding hydrogens is 458 g/mol. The van der Waals surface area contributed by atoms with E-state index in [0.29, 0.717) is 34.8 Å². The van der Waals surface area contributed by atoms with Crippen molar-refractivity contribution in [1.82, 2.24) is 0 Å². The molecule has 0 amide bonds. The van der Waals surface area contributed by atoms with Crippen molar-refractivity contribution in [3.05, 3.63) is 93.5 Å². The van der Waals surface area contributed by atoms with Gasteiger partial charge in [-0.3, -0.25) is 0 Å². The van der Waals surface area contributed by atoms with Crippen molar-refractivity contribution in [2.75, 3.05) is 14.2 Å². The van der Waals surface area contributed by atoms with Gasteiger partial charge in [0.05, 0.1) is 25.3 Å². The zero-order valence-corrected chi connectivity index (χ0v) is 19.1. The summed E-state index contributed by atoms with van der Waals surface area (Å²) in [6.45, 7) is 3.53. The van der Waals surface area contributed by atoms with Crippen LogP contribution in [0, 0.1) is 13.8 Å². The number of halogens is 6. The maximum absolute atomic E-state index is 13.8. The first-order valence-electron chi connectivity index (χ1n) is 10.4. The standard InChI is InChI=1S/C26H24F6O2/c1-15-12-17(8-10-23(15)33-3)19(18-9-11-24(34-4)16(2)13-18)14-20-21(25(27,28)29)6-5-7-22(20)26(30,31)32/h5-13,19H,14H2,1-4H3. The largest absolute Gasteiger partial charge is 0.496 e. The van der Waals surface area contributed by atoms with Gasteiger partial charge in [0.15, 0.2) is 0 Å². The maximum Gasteiger partial charge on any atom is 0.416 e. The summed E-state index contributed by atoms with van der Waals surface area (Å²) in [4.78, 5) is 0. The van der Waals surface area contributed by atoms with E-state index in [2.05, 4.69) is 0 Å². The lowest BCUT2D eigenvalue weighted by Gasteiger charge is -2.25. The number of ether oxygens (including phenoxy) is 2. The molecule has 3 aromatic carbocycles. The van der Waals surface area contributed by atoms with Crippen molar-refractivity contribution < 1.29 is 35.8 Å². The second kappa shape index (κ2) is 9.60. The second-order valence-corrected chi connectivity index (χ2v) is 8.04.